The summed E-state index contributed by atoms with van der Waals surface area (Å²) in [5.41, 5.74) is 1.44. The minimum atomic E-state index is 0.416. The van der Waals surface area contributed by atoms with E-state index in [0.717, 1.165) is 32.8 Å². The van der Waals surface area contributed by atoms with Crippen molar-refractivity contribution in [1.29, 1.82) is 0 Å². The minimum Gasteiger partial charge on any atom is -0.374 e. The highest BCUT2D eigenvalue weighted by Crippen LogP contribution is 2.26. The summed E-state index contributed by atoms with van der Waals surface area (Å²) in [6, 6.07) is 3.45. The quantitative estimate of drug-likeness (QED) is 0.833. The lowest BCUT2D eigenvalue weighted by Crippen LogP contribution is -2.53. The maximum absolute atomic E-state index is 5.95. The molecule has 0 amide bonds. The highest BCUT2D eigenvalue weighted by molar-refractivity contribution is 7.07. The van der Waals surface area contributed by atoms with Gasteiger partial charge in [-0.2, -0.15) is 11.3 Å². The lowest BCUT2D eigenvalue weighted by molar-refractivity contribution is -0.0583. The molecule has 0 radical (unpaired) electrons. The molecule has 2 saturated heterocycles. The molecule has 0 unspecified atom stereocenters. The van der Waals surface area contributed by atoms with Crippen molar-refractivity contribution in [3.8, 4) is 0 Å². The van der Waals surface area contributed by atoms with E-state index in [9.17, 15) is 0 Å². The Morgan fingerprint density at radius 2 is 2.33 bits per heavy atom. The van der Waals surface area contributed by atoms with E-state index in [0.29, 0.717) is 18.2 Å². The molecular formula is C14H22N2OS. The molecule has 0 saturated carbocycles. The number of morpholine rings is 1. The van der Waals surface area contributed by atoms with Gasteiger partial charge in [-0.25, -0.2) is 0 Å². The summed E-state index contributed by atoms with van der Waals surface area (Å²) in [6.45, 7) is 9.89. The molecule has 0 N–H and O–H groups in total. The molecule has 2 atom stereocenters. The molecule has 0 aliphatic carbocycles. The molecule has 0 aromatic carbocycles. The fourth-order valence-electron chi connectivity index (χ4n) is 3.20. The first-order chi connectivity index (χ1) is 8.74. The van der Waals surface area contributed by atoms with Crippen LogP contribution >= 0.6 is 11.3 Å². The van der Waals surface area contributed by atoms with Crippen LogP contribution in [0.5, 0.6) is 0 Å². The van der Waals surface area contributed by atoms with Gasteiger partial charge in [-0.15, -0.1) is 0 Å². The van der Waals surface area contributed by atoms with Crippen LogP contribution in [-0.2, 0) is 11.3 Å². The first-order valence-electron chi connectivity index (χ1n) is 6.85. The van der Waals surface area contributed by atoms with E-state index in [1.54, 1.807) is 11.3 Å². The fourth-order valence-corrected chi connectivity index (χ4v) is 3.86. The maximum atomic E-state index is 5.95. The first-order valence-corrected chi connectivity index (χ1v) is 7.79. The third-order valence-electron chi connectivity index (χ3n) is 4.07. The van der Waals surface area contributed by atoms with Gasteiger partial charge in [0.05, 0.1) is 18.8 Å². The number of fused-ring (bicyclic) bond motifs is 1. The monoisotopic (exact) mass is 266 g/mol. The summed E-state index contributed by atoms with van der Waals surface area (Å²) in [5.74, 6) is 0. The minimum absolute atomic E-state index is 0.416. The lowest BCUT2D eigenvalue weighted by atomic mass is 10.1. The Morgan fingerprint density at radius 1 is 1.44 bits per heavy atom. The number of hydrogen-bond acceptors (Lipinski definition) is 4. The molecule has 3 heterocycles. The summed E-state index contributed by atoms with van der Waals surface area (Å²) in [6.07, 6.45) is 0.416. The maximum Gasteiger partial charge on any atom is 0.0870 e. The van der Waals surface area contributed by atoms with Crippen LogP contribution < -0.4 is 0 Å². The Kier molecular flexibility index (Phi) is 3.71. The molecule has 100 valence electrons. The van der Waals surface area contributed by atoms with Crippen LogP contribution in [0, 0.1) is 0 Å². The Morgan fingerprint density at radius 3 is 3.06 bits per heavy atom. The average Bonchev–Trinajstić information content (AvgIpc) is 2.96. The molecule has 2 aliphatic rings. The normalized spacial score (nSPS) is 29.9. The van der Waals surface area contributed by atoms with Crippen LogP contribution in [-0.4, -0.2) is 54.2 Å². The number of rotatable bonds is 3. The molecule has 3 rings (SSSR count). The van der Waals surface area contributed by atoms with E-state index < -0.39 is 0 Å². The zero-order valence-electron chi connectivity index (χ0n) is 11.2. The van der Waals surface area contributed by atoms with Crippen LogP contribution in [0.4, 0.5) is 0 Å². The van der Waals surface area contributed by atoms with Crippen LogP contribution in [0.15, 0.2) is 16.8 Å². The lowest BCUT2D eigenvalue weighted by Gasteiger charge is -2.39. The Bertz CT molecular complexity index is 379. The Balaban J connectivity index is 1.65. The van der Waals surface area contributed by atoms with Crippen LogP contribution in [0.3, 0.4) is 0 Å². The van der Waals surface area contributed by atoms with Gasteiger partial charge in [-0.3, -0.25) is 9.80 Å². The first kappa shape index (κ1) is 12.6. The summed E-state index contributed by atoms with van der Waals surface area (Å²) in [5, 5.41) is 4.42. The van der Waals surface area contributed by atoms with Crippen molar-refractivity contribution in [2.75, 3.05) is 26.2 Å². The van der Waals surface area contributed by atoms with Crippen molar-refractivity contribution in [2.45, 2.75) is 38.6 Å². The predicted molar refractivity (Wildman–Crippen MR) is 75.0 cm³/mol. The van der Waals surface area contributed by atoms with Gasteiger partial charge in [0.15, 0.2) is 0 Å². The third-order valence-corrected chi connectivity index (χ3v) is 4.80. The summed E-state index contributed by atoms with van der Waals surface area (Å²) in [4.78, 5) is 5.15. The zero-order chi connectivity index (χ0) is 12.5. The second-order valence-electron chi connectivity index (χ2n) is 5.63. The fraction of sp³-hybridized carbons (Fsp3) is 0.714. The summed E-state index contributed by atoms with van der Waals surface area (Å²) >= 11 is 1.79. The van der Waals surface area contributed by atoms with Crippen molar-refractivity contribution in [3.63, 3.8) is 0 Å². The standard InChI is InChI=1S/C14H22N2OS/c1-11(2)16-4-5-17-14-9-15(8-13(14)16)7-12-3-6-18-10-12/h3,6,10-11,13-14H,4-5,7-9H2,1-2H3/t13-,14+/m0/s1. The van der Waals surface area contributed by atoms with Gasteiger partial charge in [-0.05, 0) is 36.2 Å². The Labute approximate surface area is 113 Å². The number of ether oxygens (including phenoxy) is 1. The SMILES string of the molecule is CC(C)N1CCO[C@@H]2CN(Cc3ccsc3)C[C@@H]21. The second kappa shape index (κ2) is 5.29. The van der Waals surface area contributed by atoms with E-state index in [4.69, 9.17) is 4.74 Å². The van der Waals surface area contributed by atoms with Crippen LogP contribution in [0.25, 0.3) is 0 Å². The predicted octanol–water partition coefficient (Wildman–Crippen LogP) is 2.04. The number of hydrogen-bond donors (Lipinski definition) is 0. The molecular weight excluding hydrogens is 244 g/mol. The van der Waals surface area contributed by atoms with Crippen molar-refractivity contribution in [3.05, 3.63) is 22.4 Å². The molecule has 3 nitrogen and oxygen atoms in total. The zero-order valence-corrected chi connectivity index (χ0v) is 12.0. The summed E-state index contributed by atoms with van der Waals surface area (Å²) in [7, 11) is 0. The molecule has 2 aliphatic heterocycles. The molecule has 0 spiro atoms. The van der Waals surface area contributed by atoms with E-state index in [2.05, 4.69) is 40.5 Å². The van der Waals surface area contributed by atoms with Gasteiger partial charge in [0.2, 0.25) is 0 Å². The highest BCUT2D eigenvalue weighted by Gasteiger charge is 2.40. The third kappa shape index (κ3) is 2.48. The van der Waals surface area contributed by atoms with Crippen molar-refractivity contribution in [2.24, 2.45) is 0 Å². The topological polar surface area (TPSA) is 15.7 Å². The van der Waals surface area contributed by atoms with Crippen molar-refractivity contribution < 1.29 is 4.74 Å². The van der Waals surface area contributed by atoms with Crippen molar-refractivity contribution in [1.82, 2.24) is 9.80 Å². The largest absolute Gasteiger partial charge is 0.374 e. The summed E-state index contributed by atoms with van der Waals surface area (Å²) < 4.78 is 5.95. The average molecular weight is 266 g/mol. The van der Waals surface area contributed by atoms with E-state index in [1.807, 2.05) is 0 Å². The molecule has 18 heavy (non-hydrogen) atoms. The molecule has 1 aromatic rings. The van der Waals surface area contributed by atoms with E-state index >= 15 is 0 Å². The molecule has 4 heteroatoms. The number of nitrogens with zero attached hydrogens (tertiary/aromatic N) is 2. The number of likely N-dealkylation sites (tertiary alicyclic amines) is 1. The van der Waals surface area contributed by atoms with Gasteiger partial charge < -0.3 is 4.74 Å². The van der Waals surface area contributed by atoms with Gasteiger partial charge >= 0.3 is 0 Å². The van der Waals surface area contributed by atoms with Crippen LogP contribution in [0.2, 0.25) is 0 Å². The van der Waals surface area contributed by atoms with E-state index in [-0.39, 0.29) is 0 Å². The van der Waals surface area contributed by atoms with Gasteiger partial charge in [-0.1, -0.05) is 0 Å². The molecule has 0 bridgehead atoms. The second-order valence-corrected chi connectivity index (χ2v) is 6.41. The van der Waals surface area contributed by atoms with E-state index in [1.165, 1.54) is 5.56 Å². The number of thiophene rings is 1. The molecule has 1 aromatic heterocycles. The highest BCUT2D eigenvalue weighted by atomic mass is 32.1. The smallest absolute Gasteiger partial charge is 0.0870 e. The van der Waals surface area contributed by atoms with Crippen molar-refractivity contribution >= 4 is 11.3 Å². The van der Waals surface area contributed by atoms with Gasteiger partial charge in [0.25, 0.3) is 0 Å². The van der Waals surface area contributed by atoms with Gasteiger partial charge in [0.1, 0.15) is 0 Å². The van der Waals surface area contributed by atoms with Crippen LogP contribution in [0.1, 0.15) is 19.4 Å². The van der Waals surface area contributed by atoms with Gasteiger partial charge in [0, 0.05) is 32.2 Å². The molecule has 2 fully saturated rings. The Hall–Kier alpha value is -0.420.